The maximum atomic E-state index is 14.2. The molecular weight excluding hydrogens is 582 g/mol. The molecule has 0 radical (unpaired) electrons. The third-order valence-electron chi connectivity index (χ3n) is 6.28. The smallest absolute Gasteiger partial charge is 0.414 e. The van der Waals surface area contributed by atoms with Gasteiger partial charge in [-0.25, -0.2) is 13.9 Å². The fraction of sp³-hybridized carbons (Fsp3) is 0.571. The van der Waals surface area contributed by atoms with Gasteiger partial charge in [0.1, 0.15) is 17.2 Å². The van der Waals surface area contributed by atoms with Crippen molar-refractivity contribution in [2.45, 2.75) is 88.5 Å². The summed E-state index contributed by atoms with van der Waals surface area (Å²) in [5, 5.41) is 6.19. The summed E-state index contributed by atoms with van der Waals surface area (Å²) in [6.45, 7) is 9.65. The van der Waals surface area contributed by atoms with Crippen molar-refractivity contribution >= 4 is 39.8 Å². The Morgan fingerprint density at radius 2 is 1.83 bits per heavy atom. The summed E-state index contributed by atoms with van der Waals surface area (Å²) in [5.74, 6) is -0.809. The molecule has 14 heteroatoms. The minimum Gasteiger partial charge on any atom is -0.461 e. The first-order valence-corrected chi connectivity index (χ1v) is 16.3. The second-order valence-electron chi connectivity index (χ2n) is 11.2. The normalized spacial score (nSPS) is 17.1. The quantitative estimate of drug-likeness (QED) is 0.350. The van der Waals surface area contributed by atoms with Gasteiger partial charge >= 0.3 is 12.1 Å². The van der Waals surface area contributed by atoms with Gasteiger partial charge in [0.05, 0.1) is 6.10 Å². The molecule has 0 aliphatic carbocycles. The zero-order chi connectivity index (χ0) is 31.2. The number of aromatic nitrogens is 2. The lowest BCUT2D eigenvalue weighted by Gasteiger charge is -2.31. The van der Waals surface area contributed by atoms with Crippen LogP contribution in [0.1, 0.15) is 53.0 Å². The standard InChI is InChI=1S/C28H41N5O7S2/c1-8-9-15-32-16-14-23(30-32)42(37,38)33(25(34)24-29-28(4,5)18-41-24)22(26(35)39-19(2)3)17-20-10-12-21(13-11-20)40-27(36)31(6)7/h10-14,16,19,22,24,29H,8-9,15,17-18H2,1-7H3/t22-,24-/m0/s1. The number of nitrogens with zero attached hydrogens (tertiary/aromatic N) is 4. The number of sulfonamides is 1. The van der Waals surface area contributed by atoms with Gasteiger partial charge in [0, 0.05) is 44.5 Å². The molecule has 2 amide bonds. The summed E-state index contributed by atoms with van der Waals surface area (Å²) in [5.41, 5.74) is 0.106. The number of hydrogen-bond acceptors (Lipinski definition) is 10. The lowest BCUT2D eigenvalue weighted by Crippen LogP contribution is -2.56. The van der Waals surface area contributed by atoms with Crippen molar-refractivity contribution in [2.24, 2.45) is 0 Å². The van der Waals surface area contributed by atoms with Crippen molar-refractivity contribution in [1.82, 2.24) is 24.3 Å². The Kier molecular flexibility index (Phi) is 11.1. The Balaban J connectivity index is 2.05. The van der Waals surface area contributed by atoms with Gasteiger partial charge in [-0.2, -0.15) is 13.5 Å². The first kappa shape index (κ1) is 33.4. The molecule has 0 saturated carbocycles. The first-order valence-electron chi connectivity index (χ1n) is 13.8. The van der Waals surface area contributed by atoms with Gasteiger partial charge in [0.25, 0.3) is 15.9 Å². The van der Waals surface area contributed by atoms with Crippen LogP contribution < -0.4 is 10.1 Å². The predicted octanol–water partition coefficient (Wildman–Crippen LogP) is 3.26. The van der Waals surface area contributed by atoms with Crippen LogP contribution in [0.25, 0.3) is 0 Å². The van der Waals surface area contributed by atoms with Crippen LogP contribution in [-0.4, -0.2) is 88.3 Å². The van der Waals surface area contributed by atoms with Gasteiger partial charge in [-0.1, -0.05) is 25.5 Å². The van der Waals surface area contributed by atoms with Gasteiger partial charge in [-0.15, -0.1) is 11.8 Å². The molecule has 2 atom stereocenters. The molecule has 1 aromatic carbocycles. The molecule has 0 unspecified atom stereocenters. The number of carbonyl (C=O) groups is 3. The number of aryl methyl sites for hydroxylation is 1. The summed E-state index contributed by atoms with van der Waals surface area (Å²) >= 11 is 1.28. The number of carbonyl (C=O) groups excluding carboxylic acids is 3. The first-order chi connectivity index (χ1) is 19.6. The maximum Gasteiger partial charge on any atom is 0.414 e. The van der Waals surface area contributed by atoms with Crippen molar-refractivity contribution in [1.29, 1.82) is 0 Å². The molecule has 3 rings (SSSR count). The van der Waals surface area contributed by atoms with Crippen LogP contribution in [0.2, 0.25) is 0 Å². The molecule has 0 bridgehead atoms. The molecule has 1 aromatic heterocycles. The number of thioether (sulfide) groups is 1. The molecule has 2 aromatic rings. The van der Waals surface area contributed by atoms with Gasteiger partial charge in [0.15, 0.2) is 5.03 Å². The van der Waals surface area contributed by atoms with Gasteiger partial charge < -0.3 is 14.4 Å². The molecule has 12 nitrogen and oxygen atoms in total. The topological polar surface area (TPSA) is 140 Å². The van der Waals surface area contributed by atoms with E-state index in [4.69, 9.17) is 9.47 Å². The molecule has 2 heterocycles. The SMILES string of the molecule is CCCCn1ccc(S(=O)(=O)N(C(=O)[C@H]2NC(C)(C)CS2)[C@@H](Cc2ccc(OC(=O)N(C)C)cc2)C(=O)OC(C)C)n1. The van der Waals surface area contributed by atoms with E-state index in [0.29, 0.717) is 22.2 Å². The van der Waals surface area contributed by atoms with E-state index >= 15 is 0 Å². The zero-order valence-corrected chi connectivity index (χ0v) is 26.8. The number of benzene rings is 1. The monoisotopic (exact) mass is 623 g/mol. The van der Waals surface area contributed by atoms with Crippen LogP contribution in [0.15, 0.2) is 41.6 Å². The molecule has 42 heavy (non-hydrogen) atoms. The minimum absolute atomic E-state index is 0.171. The molecule has 1 fully saturated rings. The average Bonchev–Trinajstić information content (AvgIpc) is 3.54. The van der Waals surface area contributed by atoms with Crippen molar-refractivity contribution in [3.63, 3.8) is 0 Å². The Labute approximate surface area is 252 Å². The minimum atomic E-state index is -4.59. The highest BCUT2D eigenvalue weighted by Crippen LogP contribution is 2.31. The second kappa shape index (κ2) is 13.9. The molecule has 232 valence electrons. The zero-order valence-electron chi connectivity index (χ0n) is 25.2. The van der Waals surface area contributed by atoms with Gasteiger partial charge in [-0.05, 0) is 57.9 Å². The van der Waals surface area contributed by atoms with Crippen LogP contribution >= 0.6 is 11.8 Å². The van der Waals surface area contributed by atoms with E-state index in [0.717, 1.165) is 12.8 Å². The molecule has 1 aliphatic heterocycles. The highest BCUT2D eigenvalue weighted by Gasteiger charge is 2.47. The number of hydrogen-bond donors (Lipinski definition) is 1. The van der Waals surface area contributed by atoms with E-state index in [1.54, 1.807) is 46.3 Å². The number of unbranched alkanes of at least 4 members (excludes halogenated alkanes) is 1. The summed E-state index contributed by atoms with van der Waals surface area (Å²) in [6.07, 6.45) is 1.95. The summed E-state index contributed by atoms with van der Waals surface area (Å²) in [4.78, 5) is 40.8. The van der Waals surface area contributed by atoms with Crippen molar-refractivity contribution in [2.75, 3.05) is 19.8 Å². The Hall–Kier alpha value is -3.10. The van der Waals surface area contributed by atoms with Crippen LogP contribution in [-0.2, 0) is 37.3 Å². The fourth-order valence-electron chi connectivity index (χ4n) is 4.13. The van der Waals surface area contributed by atoms with E-state index in [-0.39, 0.29) is 17.2 Å². The highest BCUT2D eigenvalue weighted by atomic mass is 32.2. The Morgan fingerprint density at radius 1 is 1.17 bits per heavy atom. The number of amides is 2. The number of esters is 1. The Morgan fingerprint density at radius 3 is 2.38 bits per heavy atom. The summed E-state index contributed by atoms with van der Waals surface area (Å²) < 4.78 is 41.2. The van der Waals surface area contributed by atoms with E-state index in [9.17, 15) is 22.8 Å². The van der Waals surface area contributed by atoms with E-state index < -0.39 is 51.1 Å². The Bertz CT molecular complexity index is 1360. The summed E-state index contributed by atoms with van der Waals surface area (Å²) in [6, 6.07) is 6.10. The van der Waals surface area contributed by atoms with Crippen LogP contribution in [0.3, 0.4) is 0 Å². The van der Waals surface area contributed by atoms with E-state index in [1.807, 2.05) is 20.8 Å². The number of nitrogens with one attached hydrogen (secondary N) is 1. The predicted molar refractivity (Wildman–Crippen MR) is 160 cm³/mol. The highest BCUT2D eigenvalue weighted by molar-refractivity contribution is 8.01. The second-order valence-corrected chi connectivity index (χ2v) is 14.1. The largest absolute Gasteiger partial charge is 0.461 e. The molecule has 1 saturated heterocycles. The van der Waals surface area contributed by atoms with Crippen LogP contribution in [0, 0.1) is 0 Å². The van der Waals surface area contributed by atoms with Crippen LogP contribution in [0.5, 0.6) is 5.75 Å². The van der Waals surface area contributed by atoms with Crippen molar-refractivity contribution < 1.29 is 32.3 Å². The third kappa shape index (κ3) is 8.48. The average molecular weight is 624 g/mol. The molecule has 1 aliphatic rings. The lowest BCUT2D eigenvalue weighted by molar-refractivity contribution is -0.155. The van der Waals surface area contributed by atoms with E-state index in [2.05, 4.69) is 10.4 Å². The lowest BCUT2D eigenvalue weighted by atomic mass is 10.1. The number of rotatable bonds is 12. The summed E-state index contributed by atoms with van der Waals surface area (Å²) in [7, 11) is -1.48. The van der Waals surface area contributed by atoms with Crippen molar-refractivity contribution in [3.05, 3.63) is 42.1 Å². The molecule has 0 spiro atoms. The maximum absolute atomic E-state index is 14.2. The number of ether oxygens (including phenoxy) is 2. The third-order valence-corrected chi connectivity index (χ3v) is 9.52. The van der Waals surface area contributed by atoms with Crippen molar-refractivity contribution in [3.8, 4) is 5.75 Å². The van der Waals surface area contributed by atoms with Gasteiger partial charge in [-0.3, -0.25) is 14.8 Å². The molecular formula is C28H41N5O7S2. The van der Waals surface area contributed by atoms with E-state index in [1.165, 1.54) is 39.5 Å². The fourth-order valence-corrected chi connectivity index (χ4v) is 7.00. The van der Waals surface area contributed by atoms with Crippen LogP contribution in [0.4, 0.5) is 4.79 Å². The van der Waals surface area contributed by atoms with Gasteiger partial charge in [0.2, 0.25) is 0 Å². The molecule has 1 N–H and O–H groups in total.